The minimum Gasteiger partial charge on any atom is -0.444 e. The maximum Gasteiger partial charge on any atom is 0.408 e. The molecule has 0 saturated carbocycles. The number of benzene rings is 3. The van der Waals surface area contributed by atoms with E-state index in [1.165, 1.54) is 0 Å². The van der Waals surface area contributed by atoms with Gasteiger partial charge >= 0.3 is 6.09 Å². The van der Waals surface area contributed by atoms with Crippen molar-refractivity contribution in [1.82, 2.24) is 5.32 Å². The predicted molar refractivity (Wildman–Crippen MR) is 197 cm³/mol. The monoisotopic (exact) mass is 691 g/mol. The molecule has 0 aromatic heterocycles. The number of alkyl carbamates (subject to hydrolysis) is 1. The van der Waals surface area contributed by atoms with Crippen molar-refractivity contribution in [3.63, 3.8) is 0 Å². The fourth-order valence-corrected chi connectivity index (χ4v) is 5.89. The van der Waals surface area contributed by atoms with Crippen molar-refractivity contribution >= 4 is 20.2 Å². The summed E-state index contributed by atoms with van der Waals surface area (Å²) in [4.78, 5) is 27.5. The number of amides is 1. The second-order valence-corrected chi connectivity index (χ2v) is 19.7. The molecule has 0 aliphatic rings. The first-order valence-electron chi connectivity index (χ1n) is 17.2. The average Bonchev–Trinajstić information content (AvgIpc) is 3.04. The maximum absolute atomic E-state index is 14.2. The molecule has 0 fully saturated rings. The van der Waals surface area contributed by atoms with E-state index in [9.17, 15) is 9.59 Å². The molecule has 49 heavy (non-hydrogen) atoms. The first kappa shape index (κ1) is 40.1. The van der Waals surface area contributed by atoms with Crippen LogP contribution in [0.3, 0.4) is 0 Å². The van der Waals surface area contributed by atoms with Crippen molar-refractivity contribution < 1.29 is 33.0 Å². The highest BCUT2D eigenvalue weighted by Gasteiger charge is 2.39. The Morgan fingerprint density at radius 2 is 1.20 bits per heavy atom. The Hall–Kier alpha value is -3.34. The molecule has 0 heterocycles. The van der Waals surface area contributed by atoms with E-state index in [1.807, 2.05) is 91.0 Å². The minimum atomic E-state index is -1.98. The summed E-state index contributed by atoms with van der Waals surface area (Å²) in [6.45, 7) is 17.6. The summed E-state index contributed by atoms with van der Waals surface area (Å²) in [6.07, 6.45) is -1.79. The smallest absolute Gasteiger partial charge is 0.408 e. The largest absolute Gasteiger partial charge is 0.444 e. The number of carbonyl (C=O) groups is 2. The molecule has 1 N–H and O–H groups in total. The molecule has 0 bridgehead atoms. The van der Waals surface area contributed by atoms with Crippen molar-refractivity contribution in [2.75, 3.05) is 13.2 Å². The lowest BCUT2D eigenvalue weighted by molar-refractivity contribution is -0.151. The van der Waals surface area contributed by atoms with Gasteiger partial charge in [0.15, 0.2) is 14.1 Å². The van der Waals surface area contributed by atoms with Gasteiger partial charge in [-0.15, -0.1) is 0 Å². The predicted octanol–water partition coefficient (Wildman–Crippen LogP) is 8.64. The number of rotatable bonds is 19. The summed E-state index contributed by atoms with van der Waals surface area (Å²) in [6, 6.07) is 28.4. The van der Waals surface area contributed by atoms with Gasteiger partial charge in [-0.1, -0.05) is 112 Å². The molecule has 0 aliphatic carbocycles. The van der Waals surface area contributed by atoms with Gasteiger partial charge in [0.1, 0.15) is 17.8 Å². The molecule has 0 unspecified atom stereocenters. The third kappa shape index (κ3) is 14.6. The van der Waals surface area contributed by atoms with E-state index in [2.05, 4.69) is 39.2 Å². The molecule has 3 aromatic rings. The Labute approximate surface area is 295 Å². The third-order valence-corrected chi connectivity index (χ3v) is 13.1. The molecular formula is C40H57NO7Si. The Kier molecular flexibility index (Phi) is 15.7. The van der Waals surface area contributed by atoms with Crippen LogP contribution in [0, 0.1) is 0 Å². The highest BCUT2D eigenvalue weighted by Crippen LogP contribution is 2.36. The first-order chi connectivity index (χ1) is 23.1. The lowest BCUT2D eigenvalue weighted by Crippen LogP contribution is -2.55. The van der Waals surface area contributed by atoms with Crippen LogP contribution in [0.5, 0.6) is 0 Å². The van der Waals surface area contributed by atoms with Gasteiger partial charge in [-0.05, 0) is 62.0 Å². The van der Waals surface area contributed by atoms with E-state index in [-0.39, 0.29) is 37.1 Å². The molecule has 0 aliphatic heterocycles. The van der Waals surface area contributed by atoms with Crippen LogP contribution < -0.4 is 5.32 Å². The second kappa shape index (κ2) is 19.2. The van der Waals surface area contributed by atoms with Crippen molar-refractivity contribution in [3.8, 4) is 0 Å². The Morgan fingerprint density at radius 1 is 0.714 bits per heavy atom. The van der Waals surface area contributed by atoms with Crippen molar-refractivity contribution in [2.24, 2.45) is 0 Å². The summed E-state index contributed by atoms with van der Waals surface area (Å²) >= 11 is 0. The summed E-state index contributed by atoms with van der Waals surface area (Å²) in [7, 11) is -1.98. The average molecular weight is 692 g/mol. The number of Topliss-reactive ketones (excluding diaryl/α,β-unsaturated/α-hetero) is 1. The van der Waals surface area contributed by atoms with Gasteiger partial charge in [-0.2, -0.15) is 0 Å². The molecule has 9 heteroatoms. The fourth-order valence-electron chi connectivity index (χ4n) is 4.80. The summed E-state index contributed by atoms with van der Waals surface area (Å²) < 4.78 is 31.3. The van der Waals surface area contributed by atoms with E-state index in [0.29, 0.717) is 19.6 Å². The van der Waals surface area contributed by atoms with Crippen molar-refractivity contribution in [1.29, 1.82) is 0 Å². The van der Waals surface area contributed by atoms with Gasteiger partial charge in [-0.3, -0.25) is 4.79 Å². The quantitative estimate of drug-likeness (QED) is 0.0994. The topological polar surface area (TPSA) is 92.3 Å². The highest BCUT2D eigenvalue weighted by atomic mass is 28.4. The van der Waals surface area contributed by atoms with Crippen LogP contribution in [0.2, 0.25) is 18.1 Å². The van der Waals surface area contributed by atoms with Gasteiger partial charge in [0, 0.05) is 13.0 Å². The van der Waals surface area contributed by atoms with Crippen LogP contribution in [0.15, 0.2) is 91.0 Å². The number of ketones is 1. The zero-order valence-corrected chi connectivity index (χ0v) is 31.7. The molecule has 8 nitrogen and oxygen atoms in total. The number of carbonyl (C=O) groups excluding carboxylic acids is 2. The van der Waals surface area contributed by atoms with Crippen LogP contribution >= 0.6 is 0 Å². The Bertz CT molecular complexity index is 1390. The molecule has 3 atom stereocenters. The standard InChI is InChI=1S/C40H57NO7Si/c1-39(2,3)48-38(43)41-34(30-44-27-31-19-12-9-13-20-31)36(45-28-32-21-14-10-15-22-32)37(46-29-33-23-16-11-17-24-33)35(42)25-18-26-47-49(7,8)40(4,5)6/h9-17,19-24,34,36-37H,18,25-30H2,1-8H3,(H,41,43)/t34-,36-,37-/m1/s1. The molecule has 0 radical (unpaired) electrons. The number of hydrogen-bond acceptors (Lipinski definition) is 7. The van der Waals surface area contributed by atoms with E-state index < -0.39 is 38.3 Å². The van der Waals surface area contributed by atoms with Crippen molar-refractivity contribution in [3.05, 3.63) is 108 Å². The summed E-state index contributed by atoms with van der Waals surface area (Å²) in [5.41, 5.74) is 2.09. The lowest BCUT2D eigenvalue weighted by Gasteiger charge is -2.36. The molecule has 0 spiro atoms. The number of nitrogens with one attached hydrogen (secondary N) is 1. The maximum atomic E-state index is 14.2. The van der Waals surface area contributed by atoms with Gasteiger partial charge < -0.3 is 28.7 Å². The van der Waals surface area contributed by atoms with Gasteiger partial charge in [0.05, 0.1) is 32.5 Å². The van der Waals surface area contributed by atoms with Crippen LogP contribution in [-0.4, -0.2) is 57.3 Å². The van der Waals surface area contributed by atoms with Gasteiger partial charge in [-0.25, -0.2) is 4.79 Å². The van der Waals surface area contributed by atoms with Crippen LogP contribution in [0.4, 0.5) is 4.79 Å². The van der Waals surface area contributed by atoms with E-state index in [0.717, 1.165) is 16.7 Å². The van der Waals surface area contributed by atoms with E-state index >= 15 is 0 Å². The zero-order valence-electron chi connectivity index (χ0n) is 30.7. The van der Waals surface area contributed by atoms with Crippen LogP contribution in [0.1, 0.15) is 71.1 Å². The molecule has 3 aromatic carbocycles. The SMILES string of the molecule is CC(C)(C)OC(=O)N[C@H](COCc1ccccc1)[C@@H](OCc1ccccc1)[C@H](OCc1ccccc1)C(=O)CCCO[Si](C)(C)C(C)(C)C. The van der Waals surface area contributed by atoms with E-state index in [4.69, 9.17) is 23.4 Å². The highest BCUT2D eigenvalue weighted by molar-refractivity contribution is 6.74. The number of ether oxygens (including phenoxy) is 4. The Balaban J connectivity index is 1.93. The molecule has 0 saturated heterocycles. The third-order valence-electron chi connectivity index (χ3n) is 8.52. The molecule has 268 valence electrons. The first-order valence-corrected chi connectivity index (χ1v) is 20.1. The van der Waals surface area contributed by atoms with Crippen molar-refractivity contribution in [2.45, 2.75) is 116 Å². The lowest BCUT2D eigenvalue weighted by atomic mass is 9.98. The second-order valence-electron chi connectivity index (χ2n) is 14.9. The normalized spacial score (nSPS) is 14.1. The fraction of sp³-hybridized carbons (Fsp3) is 0.500. The number of hydrogen-bond donors (Lipinski definition) is 1. The van der Waals surface area contributed by atoms with Crippen LogP contribution in [-0.2, 0) is 48.0 Å². The molecule has 1 amide bonds. The molecule has 3 rings (SSSR count). The van der Waals surface area contributed by atoms with E-state index in [1.54, 1.807) is 20.8 Å². The summed E-state index contributed by atoms with van der Waals surface area (Å²) in [5.74, 6) is -0.133. The summed E-state index contributed by atoms with van der Waals surface area (Å²) in [5, 5.41) is 3.04. The Morgan fingerprint density at radius 3 is 1.69 bits per heavy atom. The van der Waals surface area contributed by atoms with Gasteiger partial charge in [0.25, 0.3) is 0 Å². The zero-order chi connectivity index (χ0) is 35.9. The van der Waals surface area contributed by atoms with Gasteiger partial charge in [0.2, 0.25) is 0 Å². The van der Waals surface area contributed by atoms with Crippen LogP contribution in [0.25, 0.3) is 0 Å². The minimum absolute atomic E-state index is 0.0561. The molecular weight excluding hydrogens is 635 g/mol.